The summed E-state index contributed by atoms with van der Waals surface area (Å²) < 4.78 is 11.4. The number of nitrogens with one attached hydrogen (secondary N) is 1. The molecule has 2 unspecified atom stereocenters. The first kappa shape index (κ1) is 19.8. The number of nitrogens with zero attached hydrogens (tertiary/aromatic N) is 2. The normalized spacial score (nSPS) is 18.9. The van der Waals surface area contributed by atoms with Crippen LogP contribution in [-0.4, -0.2) is 55.7 Å². The summed E-state index contributed by atoms with van der Waals surface area (Å²) in [5.74, 6) is 0.971. The van der Waals surface area contributed by atoms with Gasteiger partial charge >= 0.3 is 0 Å². The van der Waals surface area contributed by atoms with E-state index in [4.69, 9.17) is 9.47 Å². The van der Waals surface area contributed by atoms with Gasteiger partial charge in [0.25, 0.3) is 5.91 Å². The van der Waals surface area contributed by atoms with E-state index in [2.05, 4.69) is 39.6 Å². The highest BCUT2D eigenvalue weighted by molar-refractivity contribution is 7.09. The van der Waals surface area contributed by atoms with Crippen LogP contribution in [0.3, 0.4) is 0 Å². The first-order valence-corrected chi connectivity index (χ1v) is 10.1. The second-order valence-corrected chi connectivity index (χ2v) is 7.90. The molecule has 1 aliphatic heterocycles. The van der Waals surface area contributed by atoms with Crippen molar-refractivity contribution in [1.29, 1.82) is 0 Å². The number of aromatic nitrogens is 1. The van der Waals surface area contributed by atoms with Crippen molar-refractivity contribution in [2.45, 2.75) is 25.9 Å². The van der Waals surface area contributed by atoms with E-state index in [1.807, 2.05) is 19.1 Å². The Kier molecular flexibility index (Phi) is 6.82. The third-order valence-corrected chi connectivity index (χ3v) is 5.54. The van der Waals surface area contributed by atoms with Crippen molar-refractivity contribution in [3.05, 3.63) is 45.9 Å². The van der Waals surface area contributed by atoms with E-state index >= 15 is 0 Å². The van der Waals surface area contributed by atoms with Gasteiger partial charge in [-0.15, -0.1) is 11.3 Å². The zero-order valence-electron chi connectivity index (χ0n) is 16.1. The molecule has 1 aromatic carbocycles. The Balaban J connectivity index is 1.53. The SMILES string of the molecule is CNC(=O)COc1ccc(C(C)CN2CCOC(c3csc(C)n3)C2)cc1. The molecule has 7 heteroatoms. The van der Waals surface area contributed by atoms with Crippen molar-refractivity contribution >= 4 is 17.2 Å². The van der Waals surface area contributed by atoms with E-state index in [1.54, 1.807) is 18.4 Å². The van der Waals surface area contributed by atoms with Crippen LogP contribution in [0.5, 0.6) is 5.75 Å². The summed E-state index contributed by atoms with van der Waals surface area (Å²) in [7, 11) is 1.60. The van der Waals surface area contributed by atoms with Crippen LogP contribution in [0.25, 0.3) is 0 Å². The number of benzene rings is 1. The second-order valence-electron chi connectivity index (χ2n) is 6.84. The molecule has 1 aromatic heterocycles. The quantitative estimate of drug-likeness (QED) is 0.789. The van der Waals surface area contributed by atoms with Crippen LogP contribution in [0.1, 0.15) is 35.2 Å². The van der Waals surface area contributed by atoms with Crippen molar-refractivity contribution in [2.24, 2.45) is 0 Å². The second kappa shape index (κ2) is 9.30. The van der Waals surface area contributed by atoms with Crippen molar-refractivity contribution in [3.8, 4) is 5.75 Å². The van der Waals surface area contributed by atoms with Crippen molar-refractivity contribution in [3.63, 3.8) is 0 Å². The zero-order valence-corrected chi connectivity index (χ0v) is 16.9. The number of morpholine rings is 1. The largest absolute Gasteiger partial charge is 0.484 e. The first-order valence-electron chi connectivity index (χ1n) is 9.24. The molecule has 1 amide bonds. The maximum absolute atomic E-state index is 11.3. The van der Waals surface area contributed by atoms with Gasteiger partial charge in [0.1, 0.15) is 11.9 Å². The van der Waals surface area contributed by atoms with E-state index in [-0.39, 0.29) is 18.6 Å². The minimum Gasteiger partial charge on any atom is -0.484 e. The summed E-state index contributed by atoms with van der Waals surface area (Å²) in [5.41, 5.74) is 2.31. The summed E-state index contributed by atoms with van der Waals surface area (Å²) >= 11 is 1.67. The zero-order chi connectivity index (χ0) is 19.2. The molecule has 2 aromatic rings. The summed E-state index contributed by atoms with van der Waals surface area (Å²) in [6.07, 6.45) is 0.0661. The Morgan fingerprint density at radius 3 is 2.89 bits per heavy atom. The number of amides is 1. The molecule has 1 saturated heterocycles. The van der Waals surface area contributed by atoms with Crippen LogP contribution in [0.4, 0.5) is 0 Å². The third-order valence-electron chi connectivity index (χ3n) is 4.75. The lowest BCUT2D eigenvalue weighted by Gasteiger charge is -2.34. The lowest BCUT2D eigenvalue weighted by atomic mass is 10.00. The van der Waals surface area contributed by atoms with Gasteiger partial charge in [-0.05, 0) is 30.5 Å². The van der Waals surface area contributed by atoms with Gasteiger partial charge in [-0.1, -0.05) is 19.1 Å². The number of ether oxygens (including phenoxy) is 2. The van der Waals surface area contributed by atoms with E-state index < -0.39 is 0 Å². The fourth-order valence-electron chi connectivity index (χ4n) is 3.18. The average Bonchev–Trinajstić information content (AvgIpc) is 3.13. The Labute approximate surface area is 164 Å². The van der Waals surface area contributed by atoms with Gasteiger partial charge in [0.2, 0.25) is 0 Å². The number of likely N-dealkylation sites (N-methyl/N-ethyl adjacent to an activating group) is 1. The molecule has 2 heterocycles. The van der Waals surface area contributed by atoms with Gasteiger partial charge in [-0.3, -0.25) is 9.69 Å². The summed E-state index contributed by atoms with van der Waals surface area (Å²) in [6.45, 7) is 7.83. The highest BCUT2D eigenvalue weighted by atomic mass is 32.1. The minimum atomic E-state index is -0.135. The molecule has 0 saturated carbocycles. The van der Waals surface area contributed by atoms with Crippen LogP contribution < -0.4 is 10.1 Å². The standard InChI is InChI=1S/C20H27N3O3S/c1-14(16-4-6-17(7-5-16)26-12-20(24)21-3)10-23-8-9-25-19(11-23)18-13-27-15(2)22-18/h4-7,13-14,19H,8-12H2,1-3H3,(H,21,24). The van der Waals surface area contributed by atoms with Gasteiger partial charge in [0.05, 0.1) is 17.3 Å². The first-order chi connectivity index (χ1) is 13.0. The van der Waals surface area contributed by atoms with Gasteiger partial charge < -0.3 is 14.8 Å². The molecule has 2 atom stereocenters. The number of rotatable bonds is 7. The van der Waals surface area contributed by atoms with Crippen molar-refractivity contribution in [2.75, 3.05) is 39.9 Å². The maximum atomic E-state index is 11.3. The number of hydrogen-bond donors (Lipinski definition) is 1. The Hall–Kier alpha value is -1.96. The maximum Gasteiger partial charge on any atom is 0.257 e. The van der Waals surface area contributed by atoms with Crippen molar-refractivity contribution < 1.29 is 14.3 Å². The molecule has 0 radical (unpaired) electrons. The fourth-order valence-corrected chi connectivity index (χ4v) is 3.84. The molecular weight excluding hydrogens is 362 g/mol. The predicted octanol–water partition coefficient (Wildman–Crippen LogP) is 2.75. The summed E-state index contributed by atoms with van der Waals surface area (Å²) in [6, 6.07) is 8.00. The number of aryl methyl sites for hydroxylation is 1. The van der Waals surface area contributed by atoms with E-state index in [0.717, 1.165) is 36.9 Å². The topological polar surface area (TPSA) is 63.7 Å². The predicted molar refractivity (Wildman–Crippen MR) is 106 cm³/mol. The number of carbonyl (C=O) groups excluding carboxylic acids is 1. The van der Waals surface area contributed by atoms with Gasteiger partial charge in [-0.2, -0.15) is 0 Å². The molecule has 0 spiro atoms. The number of carbonyl (C=O) groups is 1. The van der Waals surface area contributed by atoms with Crippen LogP contribution in [0, 0.1) is 6.92 Å². The van der Waals surface area contributed by atoms with Crippen LogP contribution in [0.15, 0.2) is 29.6 Å². The average molecular weight is 390 g/mol. The van der Waals surface area contributed by atoms with Gasteiger partial charge in [0, 0.05) is 32.1 Å². The summed E-state index contributed by atoms with van der Waals surface area (Å²) in [5, 5.41) is 5.73. The van der Waals surface area contributed by atoms with E-state index in [1.165, 1.54) is 5.56 Å². The highest BCUT2D eigenvalue weighted by Gasteiger charge is 2.25. The van der Waals surface area contributed by atoms with Crippen LogP contribution in [-0.2, 0) is 9.53 Å². The lowest BCUT2D eigenvalue weighted by molar-refractivity contribution is -0.122. The summed E-state index contributed by atoms with van der Waals surface area (Å²) in [4.78, 5) is 18.3. The molecule has 27 heavy (non-hydrogen) atoms. The third kappa shape index (κ3) is 5.51. The smallest absolute Gasteiger partial charge is 0.257 e. The molecular formula is C20H27N3O3S. The van der Waals surface area contributed by atoms with Crippen LogP contribution >= 0.6 is 11.3 Å². The van der Waals surface area contributed by atoms with E-state index in [9.17, 15) is 4.79 Å². The van der Waals surface area contributed by atoms with Crippen LogP contribution in [0.2, 0.25) is 0 Å². The highest BCUT2D eigenvalue weighted by Crippen LogP contribution is 2.26. The fraction of sp³-hybridized carbons (Fsp3) is 0.500. The minimum absolute atomic E-state index is 0.0384. The number of hydrogen-bond acceptors (Lipinski definition) is 6. The molecule has 1 N–H and O–H groups in total. The molecule has 3 rings (SSSR count). The van der Waals surface area contributed by atoms with E-state index in [0.29, 0.717) is 11.7 Å². The van der Waals surface area contributed by atoms with Crippen molar-refractivity contribution in [1.82, 2.24) is 15.2 Å². The molecule has 1 fully saturated rings. The van der Waals surface area contributed by atoms with Gasteiger partial charge in [-0.25, -0.2) is 4.98 Å². The molecule has 0 bridgehead atoms. The monoisotopic (exact) mass is 389 g/mol. The van der Waals surface area contributed by atoms with Gasteiger partial charge in [0.15, 0.2) is 6.61 Å². The Bertz CT molecular complexity index is 747. The molecule has 146 valence electrons. The molecule has 0 aliphatic carbocycles. The Morgan fingerprint density at radius 2 is 2.22 bits per heavy atom. The Morgan fingerprint density at radius 1 is 1.44 bits per heavy atom. The lowest BCUT2D eigenvalue weighted by Crippen LogP contribution is -2.40. The molecule has 6 nitrogen and oxygen atoms in total. The molecule has 1 aliphatic rings. The number of thiazole rings is 1.